The molecule has 0 aliphatic rings. The minimum absolute atomic E-state index is 0.00185. The lowest BCUT2D eigenvalue weighted by Crippen LogP contribution is -2.10. The van der Waals surface area contributed by atoms with Crippen molar-refractivity contribution in [3.05, 3.63) is 40.5 Å². The predicted octanol–water partition coefficient (Wildman–Crippen LogP) is 1.93. The van der Waals surface area contributed by atoms with Gasteiger partial charge in [-0.1, -0.05) is 12.7 Å². The number of hydrogen-bond donors (Lipinski definition) is 1. The molecule has 1 rings (SSSR count). The van der Waals surface area contributed by atoms with Crippen LogP contribution in [0.4, 0.5) is 0 Å². The van der Waals surface area contributed by atoms with E-state index >= 15 is 0 Å². The van der Waals surface area contributed by atoms with E-state index in [2.05, 4.69) is 11.4 Å². The van der Waals surface area contributed by atoms with E-state index in [0.717, 1.165) is 0 Å². The molecule has 0 heterocycles. The van der Waals surface area contributed by atoms with Crippen molar-refractivity contribution in [1.29, 1.82) is 0 Å². The summed E-state index contributed by atoms with van der Waals surface area (Å²) in [7, 11) is 0. The normalized spacial score (nSPS) is 9.68. The number of hydrogen-bond acceptors (Lipinski definition) is 6. The zero-order chi connectivity index (χ0) is 14.3. The number of phenolic OH excluding ortho intramolecular Hbond substituents is 1. The molecule has 0 radical (unpaired) electrons. The van der Waals surface area contributed by atoms with Gasteiger partial charge in [0.1, 0.15) is 11.5 Å². The molecule has 0 aliphatic carbocycles. The lowest BCUT2D eigenvalue weighted by molar-refractivity contribution is -0.757. The van der Waals surface area contributed by atoms with Crippen LogP contribution in [0, 0.1) is 10.1 Å². The van der Waals surface area contributed by atoms with Crippen molar-refractivity contribution in [3.63, 3.8) is 0 Å². The molecule has 0 aromatic heterocycles. The SMILES string of the molecule is C=Cc1cc(OC(=O)CCCO[N+](=O)[O-])ccc1O. The molecule has 1 aromatic carbocycles. The Balaban J connectivity index is 2.44. The molecule has 0 spiro atoms. The van der Waals surface area contributed by atoms with Crippen molar-refractivity contribution in [3.8, 4) is 11.5 Å². The first-order valence-electron chi connectivity index (χ1n) is 5.46. The summed E-state index contributed by atoms with van der Waals surface area (Å²) in [6, 6.07) is 4.29. The van der Waals surface area contributed by atoms with Crippen molar-refractivity contribution in [2.75, 3.05) is 6.61 Å². The first-order valence-corrected chi connectivity index (χ1v) is 5.46. The van der Waals surface area contributed by atoms with E-state index in [9.17, 15) is 20.0 Å². The fourth-order valence-corrected chi connectivity index (χ4v) is 1.30. The summed E-state index contributed by atoms with van der Waals surface area (Å²) in [6.45, 7) is 3.35. The summed E-state index contributed by atoms with van der Waals surface area (Å²) < 4.78 is 5.00. The molecule has 19 heavy (non-hydrogen) atoms. The maximum atomic E-state index is 11.4. The number of nitrogens with zero attached hydrogens (tertiary/aromatic N) is 1. The van der Waals surface area contributed by atoms with Crippen molar-refractivity contribution in [2.24, 2.45) is 0 Å². The standard InChI is InChI=1S/C12H13NO6/c1-2-9-8-10(5-6-11(9)14)19-12(15)4-3-7-18-13(16)17/h2,5-6,8,14H,1,3-4,7H2. The van der Waals surface area contributed by atoms with E-state index < -0.39 is 11.1 Å². The number of carbonyl (C=O) groups is 1. The van der Waals surface area contributed by atoms with Crippen LogP contribution in [-0.2, 0) is 9.63 Å². The van der Waals surface area contributed by atoms with Crippen molar-refractivity contribution in [1.82, 2.24) is 0 Å². The Kier molecular flexibility index (Phi) is 5.34. The van der Waals surface area contributed by atoms with Crippen LogP contribution in [0.5, 0.6) is 11.5 Å². The van der Waals surface area contributed by atoms with Gasteiger partial charge in [0.2, 0.25) is 0 Å². The third-order valence-corrected chi connectivity index (χ3v) is 2.17. The highest BCUT2D eigenvalue weighted by molar-refractivity contribution is 5.73. The largest absolute Gasteiger partial charge is 0.507 e. The van der Waals surface area contributed by atoms with Gasteiger partial charge in [-0.25, -0.2) is 0 Å². The summed E-state index contributed by atoms with van der Waals surface area (Å²) in [5, 5.41) is 18.4. The lowest BCUT2D eigenvalue weighted by Gasteiger charge is -2.06. The molecule has 0 amide bonds. The molecular formula is C12H13NO6. The highest BCUT2D eigenvalue weighted by atomic mass is 16.9. The van der Waals surface area contributed by atoms with Crippen LogP contribution in [0.3, 0.4) is 0 Å². The van der Waals surface area contributed by atoms with Crippen LogP contribution >= 0.6 is 0 Å². The molecular weight excluding hydrogens is 254 g/mol. The summed E-state index contributed by atoms with van der Waals surface area (Å²) in [5.74, 6) is -0.227. The van der Waals surface area contributed by atoms with Crippen LogP contribution < -0.4 is 4.74 Å². The molecule has 0 unspecified atom stereocenters. The van der Waals surface area contributed by atoms with Gasteiger partial charge in [-0.2, -0.15) is 0 Å². The fraction of sp³-hybridized carbons (Fsp3) is 0.250. The predicted molar refractivity (Wildman–Crippen MR) is 66.0 cm³/mol. The van der Waals surface area contributed by atoms with Gasteiger partial charge >= 0.3 is 5.97 Å². The third-order valence-electron chi connectivity index (χ3n) is 2.17. The molecule has 0 bridgehead atoms. The van der Waals surface area contributed by atoms with E-state index in [1.807, 2.05) is 0 Å². The van der Waals surface area contributed by atoms with Gasteiger partial charge in [-0.3, -0.25) is 4.79 Å². The molecule has 0 aliphatic heterocycles. The average Bonchev–Trinajstić information content (AvgIpc) is 2.37. The maximum Gasteiger partial charge on any atom is 0.311 e. The smallest absolute Gasteiger partial charge is 0.311 e. The second-order valence-electron chi connectivity index (χ2n) is 3.56. The molecule has 0 saturated carbocycles. The van der Waals surface area contributed by atoms with E-state index in [4.69, 9.17) is 4.74 Å². The van der Waals surface area contributed by atoms with Crippen LogP contribution in [0.15, 0.2) is 24.8 Å². The van der Waals surface area contributed by atoms with Gasteiger partial charge in [0.15, 0.2) is 0 Å². The number of rotatable bonds is 7. The molecule has 0 atom stereocenters. The van der Waals surface area contributed by atoms with E-state index in [0.29, 0.717) is 5.56 Å². The molecule has 1 aromatic rings. The Labute approximate surface area is 109 Å². The number of phenols is 1. The van der Waals surface area contributed by atoms with Crippen molar-refractivity contribution >= 4 is 12.0 Å². The van der Waals surface area contributed by atoms with Crippen LogP contribution in [0.2, 0.25) is 0 Å². The van der Waals surface area contributed by atoms with Crippen LogP contribution in [0.1, 0.15) is 18.4 Å². The number of ether oxygens (including phenoxy) is 1. The Hall–Kier alpha value is -2.57. The Morgan fingerprint density at radius 3 is 2.89 bits per heavy atom. The molecule has 1 N–H and O–H groups in total. The highest BCUT2D eigenvalue weighted by Crippen LogP contribution is 2.24. The van der Waals surface area contributed by atoms with Crippen LogP contribution in [-0.4, -0.2) is 22.8 Å². The zero-order valence-electron chi connectivity index (χ0n) is 10.1. The minimum Gasteiger partial charge on any atom is -0.507 e. The third kappa shape index (κ3) is 5.07. The van der Waals surface area contributed by atoms with Gasteiger partial charge in [0.05, 0.1) is 6.61 Å². The monoisotopic (exact) mass is 267 g/mol. The molecule has 0 fully saturated rings. The van der Waals surface area contributed by atoms with Crippen LogP contribution in [0.25, 0.3) is 6.08 Å². The van der Waals surface area contributed by atoms with Gasteiger partial charge in [-0.05, 0) is 24.6 Å². The van der Waals surface area contributed by atoms with Crippen molar-refractivity contribution < 1.29 is 24.6 Å². The summed E-state index contributed by atoms with van der Waals surface area (Å²) >= 11 is 0. The Morgan fingerprint density at radius 1 is 1.53 bits per heavy atom. The Bertz CT molecular complexity index is 485. The van der Waals surface area contributed by atoms with E-state index in [1.54, 1.807) is 0 Å². The molecule has 102 valence electrons. The molecule has 7 nitrogen and oxygen atoms in total. The first kappa shape index (κ1) is 14.5. The first-order chi connectivity index (χ1) is 9.02. The minimum atomic E-state index is -0.915. The molecule has 0 saturated heterocycles. The second-order valence-corrected chi connectivity index (χ2v) is 3.56. The number of esters is 1. The van der Waals surface area contributed by atoms with E-state index in [-0.39, 0.29) is 30.9 Å². The van der Waals surface area contributed by atoms with Gasteiger partial charge in [0.25, 0.3) is 5.09 Å². The van der Waals surface area contributed by atoms with Gasteiger partial charge in [0, 0.05) is 12.0 Å². The lowest BCUT2D eigenvalue weighted by atomic mass is 10.2. The summed E-state index contributed by atoms with van der Waals surface area (Å²) in [5.41, 5.74) is 0.446. The topological polar surface area (TPSA) is 98.9 Å². The Morgan fingerprint density at radius 2 is 2.26 bits per heavy atom. The highest BCUT2D eigenvalue weighted by Gasteiger charge is 2.07. The van der Waals surface area contributed by atoms with E-state index in [1.165, 1.54) is 24.3 Å². The quantitative estimate of drug-likeness (QED) is 0.266. The zero-order valence-corrected chi connectivity index (χ0v) is 10.1. The van der Waals surface area contributed by atoms with Gasteiger partial charge < -0.3 is 14.7 Å². The van der Waals surface area contributed by atoms with Gasteiger partial charge in [-0.15, -0.1) is 10.1 Å². The summed E-state index contributed by atoms with van der Waals surface area (Å²) in [4.78, 5) is 25.3. The number of benzene rings is 1. The second kappa shape index (κ2) is 7.00. The molecule has 7 heteroatoms. The average molecular weight is 267 g/mol. The fourth-order valence-electron chi connectivity index (χ4n) is 1.30. The maximum absolute atomic E-state index is 11.4. The summed E-state index contributed by atoms with van der Waals surface area (Å²) in [6.07, 6.45) is 1.61. The van der Waals surface area contributed by atoms with Crippen molar-refractivity contribution in [2.45, 2.75) is 12.8 Å². The number of aromatic hydroxyl groups is 1. The number of carbonyl (C=O) groups excluding carboxylic acids is 1.